The Hall–Kier alpha value is -2.60. The summed E-state index contributed by atoms with van der Waals surface area (Å²) in [5.41, 5.74) is 3.88. The average molecular weight is 354 g/mol. The van der Waals surface area contributed by atoms with E-state index in [1.165, 1.54) is 0 Å². The van der Waals surface area contributed by atoms with Crippen molar-refractivity contribution in [2.24, 2.45) is 5.10 Å². The van der Waals surface area contributed by atoms with E-state index in [9.17, 15) is 4.79 Å². The zero-order valence-corrected chi connectivity index (χ0v) is 15.4. The number of morpholine rings is 1. The first-order valence-corrected chi connectivity index (χ1v) is 8.98. The summed E-state index contributed by atoms with van der Waals surface area (Å²) in [7, 11) is 3.78. The first kappa shape index (κ1) is 18.2. The summed E-state index contributed by atoms with van der Waals surface area (Å²) >= 11 is 0. The molecule has 0 atom stereocenters. The lowest BCUT2D eigenvalue weighted by Crippen LogP contribution is -2.36. The number of nitrogens with one attached hydrogen (secondary N) is 1. The van der Waals surface area contributed by atoms with Gasteiger partial charge in [0.25, 0.3) is 5.91 Å². The van der Waals surface area contributed by atoms with E-state index in [1.807, 2.05) is 50.5 Å². The number of hydrazone groups is 1. The third kappa shape index (κ3) is 4.52. The van der Waals surface area contributed by atoms with Gasteiger partial charge in [-0.2, -0.15) is 5.10 Å². The maximum atomic E-state index is 12.9. The van der Waals surface area contributed by atoms with Gasteiger partial charge in [0.2, 0.25) is 0 Å². The van der Waals surface area contributed by atoms with Gasteiger partial charge in [0.1, 0.15) is 0 Å². The van der Waals surface area contributed by atoms with Gasteiger partial charge < -0.3 is 20.0 Å². The molecule has 1 saturated heterocycles. The molecule has 1 N–H and O–H groups in total. The number of nitrogens with zero attached hydrogens (tertiary/aromatic N) is 3. The number of rotatable bonds is 5. The second kappa shape index (κ2) is 8.67. The summed E-state index contributed by atoms with van der Waals surface area (Å²) in [6.07, 6.45) is 5.41. The van der Waals surface area contributed by atoms with Crippen LogP contribution < -0.4 is 5.32 Å². The average Bonchev–Trinajstić information content (AvgIpc) is 3.07. The van der Waals surface area contributed by atoms with Crippen LogP contribution in [0, 0.1) is 0 Å². The second-order valence-corrected chi connectivity index (χ2v) is 6.55. The van der Waals surface area contributed by atoms with Crippen molar-refractivity contribution in [2.75, 3.05) is 45.7 Å². The molecule has 1 aliphatic heterocycles. The summed E-state index contributed by atoms with van der Waals surface area (Å²) in [6.45, 7) is 2.99. The van der Waals surface area contributed by atoms with Crippen molar-refractivity contribution in [3.05, 3.63) is 53.3 Å². The van der Waals surface area contributed by atoms with Gasteiger partial charge in [-0.25, -0.2) is 0 Å². The predicted molar refractivity (Wildman–Crippen MR) is 104 cm³/mol. The molecule has 1 aliphatic carbocycles. The van der Waals surface area contributed by atoms with Gasteiger partial charge in [0, 0.05) is 50.4 Å². The molecule has 26 heavy (non-hydrogen) atoms. The number of ether oxygens (including phenoxy) is 1. The number of allylic oxidation sites excluding steroid dienone is 2. The van der Waals surface area contributed by atoms with Crippen LogP contribution in [0.15, 0.2) is 58.4 Å². The van der Waals surface area contributed by atoms with Crippen molar-refractivity contribution >= 4 is 17.8 Å². The number of amides is 1. The molecule has 1 aromatic rings. The van der Waals surface area contributed by atoms with Crippen LogP contribution in [0.4, 0.5) is 5.69 Å². The van der Waals surface area contributed by atoms with Crippen LogP contribution in [0.25, 0.3) is 0 Å². The molecule has 1 fully saturated rings. The van der Waals surface area contributed by atoms with Gasteiger partial charge in [0.05, 0.1) is 13.2 Å². The van der Waals surface area contributed by atoms with E-state index in [0.29, 0.717) is 13.2 Å². The summed E-state index contributed by atoms with van der Waals surface area (Å²) in [4.78, 5) is 15.2. The fourth-order valence-electron chi connectivity index (χ4n) is 3.24. The van der Waals surface area contributed by atoms with E-state index in [4.69, 9.17) is 4.74 Å². The first-order chi connectivity index (χ1) is 12.6. The van der Waals surface area contributed by atoms with Gasteiger partial charge in [-0.15, -0.1) is 0 Å². The summed E-state index contributed by atoms with van der Waals surface area (Å²) in [5, 5.41) is 9.05. The molecular weight excluding hydrogens is 328 g/mol. The third-order valence-electron chi connectivity index (χ3n) is 4.44. The van der Waals surface area contributed by atoms with E-state index < -0.39 is 0 Å². The quantitative estimate of drug-likeness (QED) is 0.652. The molecule has 1 aromatic carbocycles. The van der Waals surface area contributed by atoms with Crippen LogP contribution in [-0.4, -0.2) is 62.4 Å². The molecule has 138 valence electrons. The number of benzene rings is 1. The van der Waals surface area contributed by atoms with Crippen LogP contribution in [0.3, 0.4) is 0 Å². The molecule has 0 bridgehead atoms. The van der Waals surface area contributed by atoms with Gasteiger partial charge in [-0.05, 0) is 36.6 Å². The number of anilines is 1. The van der Waals surface area contributed by atoms with Gasteiger partial charge >= 0.3 is 0 Å². The lowest BCUT2D eigenvalue weighted by molar-refractivity contribution is -0.113. The van der Waals surface area contributed by atoms with E-state index in [0.717, 1.165) is 48.5 Å². The highest BCUT2D eigenvalue weighted by Crippen LogP contribution is 2.34. The molecule has 3 rings (SSSR count). The summed E-state index contributed by atoms with van der Waals surface area (Å²) in [6, 6.07) is 9.59. The van der Waals surface area contributed by atoms with E-state index in [-0.39, 0.29) is 5.91 Å². The SMILES string of the molecule is CN(C)N=CC=C1CCC(C(=O)Nc2ccccc2)=C1N1CCOCC1. The topological polar surface area (TPSA) is 57.2 Å². The monoisotopic (exact) mass is 354 g/mol. The Morgan fingerprint density at radius 1 is 1.19 bits per heavy atom. The molecule has 6 heteroatoms. The fourth-order valence-corrected chi connectivity index (χ4v) is 3.24. The predicted octanol–water partition coefficient (Wildman–Crippen LogP) is 2.48. The minimum atomic E-state index is -0.0226. The number of hydrogen-bond acceptors (Lipinski definition) is 5. The maximum Gasteiger partial charge on any atom is 0.253 e. The first-order valence-electron chi connectivity index (χ1n) is 8.98. The Balaban J connectivity index is 1.87. The van der Waals surface area contributed by atoms with Crippen LogP contribution in [0.1, 0.15) is 12.8 Å². The van der Waals surface area contributed by atoms with Gasteiger partial charge in [0.15, 0.2) is 0 Å². The molecule has 2 aliphatic rings. The van der Waals surface area contributed by atoms with Crippen LogP contribution >= 0.6 is 0 Å². The normalized spacial score (nSPS) is 19.5. The lowest BCUT2D eigenvalue weighted by Gasteiger charge is -2.31. The molecule has 6 nitrogen and oxygen atoms in total. The summed E-state index contributed by atoms with van der Waals surface area (Å²) in [5.74, 6) is -0.0226. The van der Waals surface area contributed by atoms with Crippen LogP contribution in [0.5, 0.6) is 0 Å². The molecule has 0 saturated carbocycles. The Morgan fingerprint density at radius 2 is 1.92 bits per heavy atom. The minimum Gasteiger partial charge on any atom is -0.378 e. The maximum absolute atomic E-state index is 12.9. The Morgan fingerprint density at radius 3 is 2.62 bits per heavy atom. The van der Waals surface area contributed by atoms with Crippen molar-refractivity contribution in [3.8, 4) is 0 Å². The van der Waals surface area contributed by atoms with Gasteiger partial charge in [-0.3, -0.25) is 4.79 Å². The Bertz CT molecular complexity index is 717. The van der Waals surface area contributed by atoms with Crippen molar-refractivity contribution in [2.45, 2.75) is 12.8 Å². The van der Waals surface area contributed by atoms with Crippen molar-refractivity contribution < 1.29 is 9.53 Å². The molecule has 0 radical (unpaired) electrons. The van der Waals surface area contributed by atoms with Crippen LogP contribution in [0.2, 0.25) is 0 Å². The van der Waals surface area contributed by atoms with Crippen molar-refractivity contribution in [1.29, 1.82) is 0 Å². The highest BCUT2D eigenvalue weighted by atomic mass is 16.5. The van der Waals surface area contributed by atoms with E-state index >= 15 is 0 Å². The highest BCUT2D eigenvalue weighted by molar-refractivity contribution is 6.05. The lowest BCUT2D eigenvalue weighted by atomic mass is 10.1. The zero-order valence-electron chi connectivity index (χ0n) is 15.4. The van der Waals surface area contributed by atoms with Crippen LogP contribution in [-0.2, 0) is 9.53 Å². The number of para-hydroxylation sites is 1. The molecule has 1 heterocycles. The molecule has 1 amide bonds. The fraction of sp³-hybridized carbons (Fsp3) is 0.400. The largest absolute Gasteiger partial charge is 0.378 e. The Labute approximate surface area is 154 Å². The molecule has 0 spiro atoms. The smallest absolute Gasteiger partial charge is 0.253 e. The van der Waals surface area contributed by atoms with Crippen molar-refractivity contribution in [3.63, 3.8) is 0 Å². The summed E-state index contributed by atoms with van der Waals surface area (Å²) < 4.78 is 5.48. The van der Waals surface area contributed by atoms with E-state index in [2.05, 4.69) is 15.3 Å². The number of carbonyl (C=O) groups excluding carboxylic acids is 1. The molecule has 0 aromatic heterocycles. The van der Waals surface area contributed by atoms with Gasteiger partial charge in [-0.1, -0.05) is 18.2 Å². The zero-order chi connectivity index (χ0) is 18.4. The second-order valence-electron chi connectivity index (χ2n) is 6.55. The standard InChI is InChI=1S/C20H26N4O2/c1-23(2)21-11-10-16-8-9-18(19(16)24-12-14-26-15-13-24)20(25)22-17-6-4-3-5-7-17/h3-7,10-11H,8-9,12-15H2,1-2H3,(H,22,25). The molecular formula is C20H26N4O2. The van der Waals surface area contributed by atoms with Crippen molar-refractivity contribution in [1.82, 2.24) is 9.91 Å². The Kier molecular flexibility index (Phi) is 6.07. The third-order valence-corrected chi connectivity index (χ3v) is 4.44. The molecule has 0 unspecified atom stereocenters. The highest BCUT2D eigenvalue weighted by Gasteiger charge is 2.29. The minimum absolute atomic E-state index is 0.0226. The number of carbonyl (C=O) groups is 1. The van der Waals surface area contributed by atoms with E-state index in [1.54, 1.807) is 11.2 Å². The number of hydrogen-bond donors (Lipinski definition) is 1.